The van der Waals surface area contributed by atoms with E-state index >= 15 is 0 Å². The van der Waals surface area contributed by atoms with Gasteiger partial charge >= 0.3 is 0 Å². The summed E-state index contributed by atoms with van der Waals surface area (Å²) < 4.78 is 0. The van der Waals surface area contributed by atoms with Crippen molar-refractivity contribution in [3.05, 3.63) is 12.3 Å². The second-order valence-electron chi connectivity index (χ2n) is 3.31. The standard InChI is InChI=1S/C8H12N4O2/c9-8-10-2-1-7(11-8)12-3-5(13)6(14)4-12/h1-2,5-6,13-14H,3-4H2,(H2,9,10,11)/t5-,6-/m1/s1. The smallest absolute Gasteiger partial charge is 0.221 e. The lowest BCUT2D eigenvalue weighted by molar-refractivity contribution is 0.0572. The van der Waals surface area contributed by atoms with Crippen molar-refractivity contribution in [2.75, 3.05) is 23.7 Å². The number of nitrogen functional groups attached to an aromatic ring is 1. The van der Waals surface area contributed by atoms with Gasteiger partial charge in [-0.15, -0.1) is 0 Å². The van der Waals surface area contributed by atoms with Crippen LogP contribution in [0, 0.1) is 0 Å². The summed E-state index contributed by atoms with van der Waals surface area (Å²) in [6.45, 7) is 0.745. The maximum absolute atomic E-state index is 9.33. The van der Waals surface area contributed by atoms with Crippen molar-refractivity contribution in [3.8, 4) is 0 Å². The van der Waals surface area contributed by atoms with Crippen molar-refractivity contribution in [2.24, 2.45) is 0 Å². The van der Waals surface area contributed by atoms with E-state index in [-0.39, 0.29) is 5.95 Å². The quantitative estimate of drug-likeness (QED) is 0.511. The molecule has 0 unspecified atom stereocenters. The Kier molecular flexibility index (Phi) is 2.22. The first-order valence-corrected chi connectivity index (χ1v) is 4.36. The van der Waals surface area contributed by atoms with Crippen molar-refractivity contribution in [1.29, 1.82) is 0 Å². The number of β-amino-alcohol motifs (C(OH)–C–C–N with tert-alkyl or cyclic N) is 2. The van der Waals surface area contributed by atoms with Crippen molar-refractivity contribution in [1.82, 2.24) is 9.97 Å². The van der Waals surface area contributed by atoms with E-state index in [1.807, 2.05) is 0 Å². The number of aliphatic hydroxyl groups is 2. The highest BCUT2D eigenvalue weighted by Crippen LogP contribution is 2.18. The lowest BCUT2D eigenvalue weighted by atomic mass is 10.3. The van der Waals surface area contributed by atoms with E-state index in [1.54, 1.807) is 17.2 Å². The second kappa shape index (κ2) is 3.39. The summed E-state index contributed by atoms with van der Waals surface area (Å²) in [6.07, 6.45) is 0.117. The zero-order valence-electron chi connectivity index (χ0n) is 7.54. The predicted octanol–water partition coefficient (Wildman–Crippen LogP) is -1.40. The zero-order valence-corrected chi connectivity index (χ0v) is 7.54. The van der Waals surface area contributed by atoms with Gasteiger partial charge in [0, 0.05) is 19.3 Å². The first-order chi connectivity index (χ1) is 6.66. The van der Waals surface area contributed by atoms with Gasteiger partial charge in [-0.05, 0) is 6.07 Å². The number of rotatable bonds is 1. The van der Waals surface area contributed by atoms with Crippen LogP contribution in [0.2, 0.25) is 0 Å². The van der Waals surface area contributed by atoms with Gasteiger partial charge in [-0.25, -0.2) is 4.98 Å². The number of hydrogen-bond donors (Lipinski definition) is 3. The Balaban J connectivity index is 2.17. The van der Waals surface area contributed by atoms with Gasteiger partial charge in [0.25, 0.3) is 0 Å². The molecule has 1 aromatic rings. The Morgan fingerprint density at radius 2 is 2.00 bits per heavy atom. The van der Waals surface area contributed by atoms with E-state index < -0.39 is 12.2 Å². The van der Waals surface area contributed by atoms with Crippen LogP contribution in [-0.4, -0.2) is 45.5 Å². The van der Waals surface area contributed by atoms with Crippen molar-refractivity contribution >= 4 is 11.8 Å². The van der Waals surface area contributed by atoms with Crippen LogP contribution in [0.15, 0.2) is 12.3 Å². The third kappa shape index (κ3) is 1.61. The SMILES string of the molecule is Nc1nccc(N2C[C@@H](O)[C@H](O)C2)n1. The fourth-order valence-corrected chi connectivity index (χ4v) is 1.50. The Bertz CT molecular complexity index is 323. The van der Waals surface area contributed by atoms with E-state index in [4.69, 9.17) is 5.73 Å². The third-order valence-corrected chi connectivity index (χ3v) is 2.24. The van der Waals surface area contributed by atoms with Crippen LogP contribution >= 0.6 is 0 Å². The number of aliphatic hydroxyl groups excluding tert-OH is 2. The fraction of sp³-hybridized carbons (Fsp3) is 0.500. The van der Waals surface area contributed by atoms with Crippen LogP contribution in [0.1, 0.15) is 0 Å². The molecule has 6 heteroatoms. The lowest BCUT2D eigenvalue weighted by Gasteiger charge is -2.15. The molecule has 1 saturated heterocycles. The van der Waals surface area contributed by atoms with Crippen molar-refractivity contribution in [3.63, 3.8) is 0 Å². The van der Waals surface area contributed by atoms with Gasteiger partial charge in [0.1, 0.15) is 5.82 Å². The van der Waals surface area contributed by atoms with Crippen LogP contribution in [0.5, 0.6) is 0 Å². The molecular formula is C8H12N4O2. The maximum atomic E-state index is 9.33. The van der Waals surface area contributed by atoms with Crippen molar-refractivity contribution in [2.45, 2.75) is 12.2 Å². The molecule has 1 aliphatic rings. The van der Waals surface area contributed by atoms with Crippen LogP contribution in [0.25, 0.3) is 0 Å². The molecule has 0 bridgehead atoms. The first-order valence-electron chi connectivity index (χ1n) is 4.36. The van der Waals surface area contributed by atoms with Gasteiger partial charge in [0.2, 0.25) is 5.95 Å². The van der Waals surface area contributed by atoms with Gasteiger partial charge < -0.3 is 20.8 Å². The monoisotopic (exact) mass is 196 g/mol. The van der Waals surface area contributed by atoms with Gasteiger partial charge in [-0.3, -0.25) is 0 Å². The average Bonchev–Trinajstić information content (AvgIpc) is 2.47. The van der Waals surface area contributed by atoms with Gasteiger partial charge in [0.15, 0.2) is 0 Å². The Morgan fingerprint density at radius 1 is 1.36 bits per heavy atom. The molecule has 0 amide bonds. The summed E-state index contributed by atoms with van der Waals surface area (Å²) in [5.41, 5.74) is 5.42. The van der Waals surface area contributed by atoms with E-state index in [2.05, 4.69) is 9.97 Å². The molecule has 6 nitrogen and oxygen atoms in total. The number of anilines is 2. The first kappa shape index (κ1) is 9.17. The molecule has 2 rings (SSSR count). The minimum Gasteiger partial charge on any atom is -0.389 e. The summed E-state index contributed by atoms with van der Waals surface area (Å²) in [5, 5.41) is 18.7. The Hall–Kier alpha value is -1.40. The predicted molar refractivity (Wildman–Crippen MR) is 50.7 cm³/mol. The van der Waals surface area contributed by atoms with E-state index in [9.17, 15) is 10.2 Å². The summed E-state index contributed by atoms with van der Waals surface area (Å²) in [7, 11) is 0. The fourth-order valence-electron chi connectivity index (χ4n) is 1.50. The molecule has 1 aromatic heterocycles. The topological polar surface area (TPSA) is 95.5 Å². The van der Waals surface area contributed by atoms with Crippen molar-refractivity contribution < 1.29 is 10.2 Å². The molecule has 14 heavy (non-hydrogen) atoms. The largest absolute Gasteiger partial charge is 0.389 e. The molecule has 76 valence electrons. The molecule has 2 heterocycles. The zero-order chi connectivity index (χ0) is 10.1. The van der Waals surface area contributed by atoms with Gasteiger partial charge in [-0.1, -0.05) is 0 Å². The normalized spacial score (nSPS) is 26.9. The van der Waals surface area contributed by atoms with E-state index in [0.29, 0.717) is 18.9 Å². The van der Waals surface area contributed by atoms with E-state index in [1.165, 1.54) is 0 Å². The highest BCUT2D eigenvalue weighted by atomic mass is 16.3. The number of aromatic nitrogens is 2. The summed E-state index contributed by atoms with van der Waals surface area (Å²) in [4.78, 5) is 9.53. The van der Waals surface area contributed by atoms with Crippen LogP contribution in [0.3, 0.4) is 0 Å². The summed E-state index contributed by atoms with van der Waals surface area (Å²) in [5.74, 6) is 0.825. The minimum atomic E-state index is -0.716. The lowest BCUT2D eigenvalue weighted by Crippen LogP contribution is -2.22. The summed E-state index contributed by atoms with van der Waals surface area (Å²) in [6, 6.07) is 1.70. The minimum absolute atomic E-state index is 0.193. The molecule has 4 N–H and O–H groups in total. The van der Waals surface area contributed by atoms with Gasteiger partial charge in [-0.2, -0.15) is 4.98 Å². The number of nitrogens with two attached hydrogens (primary N) is 1. The second-order valence-corrected chi connectivity index (χ2v) is 3.31. The van der Waals surface area contributed by atoms with E-state index in [0.717, 1.165) is 0 Å². The molecule has 1 aliphatic heterocycles. The Labute approximate surface area is 81.0 Å². The van der Waals surface area contributed by atoms with Crippen LogP contribution in [-0.2, 0) is 0 Å². The number of nitrogens with zero attached hydrogens (tertiary/aromatic N) is 3. The maximum Gasteiger partial charge on any atom is 0.221 e. The highest BCUT2D eigenvalue weighted by molar-refractivity contribution is 5.42. The molecule has 2 atom stereocenters. The molecule has 0 spiro atoms. The average molecular weight is 196 g/mol. The number of hydrogen-bond acceptors (Lipinski definition) is 6. The van der Waals surface area contributed by atoms with Crippen LogP contribution < -0.4 is 10.6 Å². The van der Waals surface area contributed by atoms with Crippen LogP contribution in [0.4, 0.5) is 11.8 Å². The molecule has 0 radical (unpaired) electrons. The Morgan fingerprint density at radius 3 is 2.57 bits per heavy atom. The molecule has 0 aromatic carbocycles. The van der Waals surface area contributed by atoms with Gasteiger partial charge in [0.05, 0.1) is 12.2 Å². The molecule has 1 fully saturated rings. The highest BCUT2D eigenvalue weighted by Gasteiger charge is 2.30. The molecular weight excluding hydrogens is 184 g/mol. The summed E-state index contributed by atoms with van der Waals surface area (Å²) >= 11 is 0. The third-order valence-electron chi connectivity index (χ3n) is 2.24. The molecule has 0 saturated carbocycles. The molecule has 0 aliphatic carbocycles.